The van der Waals surface area contributed by atoms with Gasteiger partial charge in [0.1, 0.15) is 11.4 Å². The summed E-state index contributed by atoms with van der Waals surface area (Å²) in [6.45, 7) is 2.62. The van der Waals surface area contributed by atoms with Crippen molar-refractivity contribution in [2.75, 3.05) is 19.5 Å². The Balaban J connectivity index is 0.00000400. The molecular formula is C14H23NO5S. The third-order valence-electron chi connectivity index (χ3n) is 2.54. The van der Waals surface area contributed by atoms with Crippen LogP contribution in [0.5, 0.6) is 5.75 Å². The molecule has 0 saturated carbocycles. The smallest absolute Gasteiger partial charge is 0.305 e. The lowest BCUT2D eigenvalue weighted by Gasteiger charge is -2.10. The van der Waals surface area contributed by atoms with Crippen LogP contribution in [-0.4, -0.2) is 30.9 Å². The zero-order valence-electron chi connectivity index (χ0n) is 12.4. The van der Waals surface area contributed by atoms with Crippen molar-refractivity contribution in [2.24, 2.45) is 0 Å². The minimum absolute atomic E-state index is 0. The first-order valence-electron chi connectivity index (χ1n) is 6.56. The number of benzene rings is 1. The summed E-state index contributed by atoms with van der Waals surface area (Å²) in [7, 11) is 0. The molecule has 0 aliphatic rings. The minimum atomic E-state index is -0.208. The topological polar surface area (TPSA) is 107 Å². The van der Waals surface area contributed by atoms with Gasteiger partial charge in [-0.2, -0.15) is 11.8 Å². The van der Waals surface area contributed by atoms with E-state index in [4.69, 9.17) is 9.47 Å². The highest BCUT2D eigenvalue weighted by molar-refractivity contribution is 7.97. The van der Waals surface area contributed by atoms with Crippen molar-refractivity contribution in [3.63, 3.8) is 0 Å². The molecule has 1 aromatic rings. The predicted octanol–water partition coefficient (Wildman–Crippen LogP) is 1.14. The molecule has 0 fully saturated rings. The van der Waals surface area contributed by atoms with E-state index in [2.05, 4.69) is 0 Å². The van der Waals surface area contributed by atoms with E-state index in [9.17, 15) is 10.0 Å². The van der Waals surface area contributed by atoms with Gasteiger partial charge in [-0.3, -0.25) is 4.79 Å². The summed E-state index contributed by atoms with van der Waals surface area (Å²) in [5, 5.41) is 10.9. The molecule has 4 N–H and O–H groups in total. The van der Waals surface area contributed by atoms with Gasteiger partial charge in [0.25, 0.3) is 0 Å². The van der Waals surface area contributed by atoms with Gasteiger partial charge in [0.05, 0.1) is 13.2 Å². The highest BCUT2D eigenvalue weighted by atomic mass is 32.2. The molecule has 0 aromatic heterocycles. The molecule has 0 radical (unpaired) electrons. The molecule has 7 heteroatoms. The van der Waals surface area contributed by atoms with E-state index < -0.39 is 0 Å². The fraction of sp³-hybridized carbons (Fsp3) is 0.500. The average Bonchev–Trinajstić information content (AvgIpc) is 2.44. The van der Waals surface area contributed by atoms with E-state index in [-0.39, 0.29) is 11.4 Å². The van der Waals surface area contributed by atoms with E-state index >= 15 is 0 Å². The van der Waals surface area contributed by atoms with Crippen molar-refractivity contribution in [1.82, 2.24) is 0 Å². The van der Waals surface area contributed by atoms with Crippen LogP contribution < -0.4 is 10.2 Å². The highest BCUT2D eigenvalue weighted by Crippen LogP contribution is 2.21. The standard InChI is InChI=1S/C14H21NO4S.H2O/c1-3-18-14(16)5-4-6-19-13-8-11(10-20-2)7-12(9-13)15-17;/h7-9H,3-6,10,15H2,1-2H3;1H2. The van der Waals surface area contributed by atoms with Crippen LogP contribution in [0.1, 0.15) is 25.3 Å². The fourth-order valence-electron chi connectivity index (χ4n) is 1.73. The van der Waals surface area contributed by atoms with Crippen molar-refractivity contribution >= 4 is 23.4 Å². The number of quaternary nitrogens is 1. The highest BCUT2D eigenvalue weighted by Gasteiger charge is 2.05. The Morgan fingerprint density at radius 1 is 1.38 bits per heavy atom. The van der Waals surface area contributed by atoms with Crippen LogP contribution in [0.2, 0.25) is 0 Å². The minimum Gasteiger partial charge on any atom is -0.630 e. The van der Waals surface area contributed by atoms with Crippen LogP contribution >= 0.6 is 11.8 Å². The molecule has 0 bridgehead atoms. The Bertz CT molecular complexity index is 428. The summed E-state index contributed by atoms with van der Waals surface area (Å²) in [4.78, 5) is 11.2. The molecule has 0 aliphatic heterocycles. The summed E-state index contributed by atoms with van der Waals surface area (Å²) in [5.41, 5.74) is 2.48. The third kappa shape index (κ3) is 7.91. The lowest BCUT2D eigenvalue weighted by atomic mass is 10.2. The molecule has 0 unspecified atom stereocenters. The molecule has 1 rings (SSSR count). The Hall–Kier alpha value is -1.28. The number of esters is 1. The van der Waals surface area contributed by atoms with E-state index in [1.807, 2.05) is 18.4 Å². The second-order valence-electron chi connectivity index (χ2n) is 4.22. The number of thioether (sulfide) groups is 1. The summed E-state index contributed by atoms with van der Waals surface area (Å²) >= 11 is 1.69. The number of rotatable bonds is 9. The Kier molecular flexibility index (Phi) is 10.7. The van der Waals surface area contributed by atoms with Crippen molar-refractivity contribution in [1.29, 1.82) is 0 Å². The van der Waals surface area contributed by atoms with Gasteiger partial charge in [-0.1, -0.05) is 0 Å². The fourth-order valence-corrected chi connectivity index (χ4v) is 2.23. The third-order valence-corrected chi connectivity index (χ3v) is 3.16. The normalized spacial score (nSPS) is 9.86. The lowest BCUT2D eigenvalue weighted by molar-refractivity contribution is -0.497. The van der Waals surface area contributed by atoms with Crippen LogP contribution in [0.15, 0.2) is 18.2 Å². The maximum atomic E-state index is 11.2. The summed E-state index contributed by atoms with van der Waals surface area (Å²) < 4.78 is 10.4. The Morgan fingerprint density at radius 3 is 2.76 bits per heavy atom. The molecule has 0 heterocycles. The van der Waals surface area contributed by atoms with Crippen molar-refractivity contribution in [2.45, 2.75) is 25.5 Å². The maximum Gasteiger partial charge on any atom is 0.305 e. The number of hydrogen-bond donors (Lipinski definition) is 1. The van der Waals surface area contributed by atoms with Crippen molar-refractivity contribution < 1.29 is 25.2 Å². The SMILES string of the molecule is CCOC(=O)CCCOc1cc(CSC)cc([NH2+][O-])c1.O. The molecule has 0 amide bonds. The number of ether oxygens (including phenoxy) is 2. The molecular weight excluding hydrogens is 294 g/mol. The molecule has 0 aliphatic carbocycles. The molecule has 1 aromatic carbocycles. The van der Waals surface area contributed by atoms with Gasteiger partial charge in [0.15, 0.2) is 0 Å². The zero-order valence-corrected chi connectivity index (χ0v) is 13.2. The lowest BCUT2D eigenvalue weighted by Crippen LogP contribution is -2.70. The van der Waals surface area contributed by atoms with Crippen molar-refractivity contribution in [3.8, 4) is 5.75 Å². The molecule has 0 atom stereocenters. The molecule has 6 nitrogen and oxygen atoms in total. The quantitative estimate of drug-likeness (QED) is 0.318. The van der Waals surface area contributed by atoms with E-state index in [1.165, 1.54) is 0 Å². The van der Waals surface area contributed by atoms with Crippen LogP contribution in [0.3, 0.4) is 0 Å². The van der Waals surface area contributed by atoms with Gasteiger partial charge >= 0.3 is 5.97 Å². The monoisotopic (exact) mass is 317 g/mol. The van der Waals surface area contributed by atoms with Crippen LogP contribution in [0, 0.1) is 5.21 Å². The number of nitrogens with two attached hydrogens (primary N) is 1. The average molecular weight is 317 g/mol. The first-order valence-corrected chi connectivity index (χ1v) is 7.95. The summed E-state index contributed by atoms with van der Waals surface area (Å²) in [6.07, 6.45) is 2.95. The largest absolute Gasteiger partial charge is 0.630 e. The summed E-state index contributed by atoms with van der Waals surface area (Å²) in [6, 6.07) is 5.49. The molecule has 0 saturated heterocycles. The first kappa shape index (κ1) is 19.7. The van der Waals surface area contributed by atoms with Gasteiger partial charge in [-0.05, 0) is 31.2 Å². The predicted molar refractivity (Wildman–Crippen MR) is 83.6 cm³/mol. The van der Waals surface area contributed by atoms with E-state index in [0.717, 1.165) is 16.8 Å². The van der Waals surface area contributed by atoms with Gasteiger partial charge in [0, 0.05) is 24.3 Å². The van der Waals surface area contributed by atoms with Gasteiger partial charge < -0.3 is 25.6 Å². The van der Waals surface area contributed by atoms with Gasteiger partial charge in [-0.15, -0.1) is 0 Å². The molecule has 0 spiro atoms. The second kappa shape index (κ2) is 11.4. The Labute approximate surface area is 129 Å². The molecule has 120 valence electrons. The zero-order chi connectivity index (χ0) is 14.8. The number of carbonyl (C=O) groups excluding carboxylic acids is 1. The number of hydrogen-bond acceptors (Lipinski definition) is 5. The number of carbonyl (C=O) groups is 1. The van der Waals surface area contributed by atoms with Crippen LogP contribution in [0.4, 0.5) is 5.69 Å². The van der Waals surface area contributed by atoms with Gasteiger partial charge in [-0.25, -0.2) is 0 Å². The maximum absolute atomic E-state index is 11.2. The Morgan fingerprint density at radius 2 is 2.14 bits per heavy atom. The van der Waals surface area contributed by atoms with E-state index in [0.29, 0.717) is 37.5 Å². The molecule has 21 heavy (non-hydrogen) atoms. The second-order valence-corrected chi connectivity index (χ2v) is 5.08. The summed E-state index contributed by atoms with van der Waals surface area (Å²) in [5.74, 6) is 1.30. The van der Waals surface area contributed by atoms with Crippen molar-refractivity contribution in [3.05, 3.63) is 29.0 Å². The van der Waals surface area contributed by atoms with Crippen LogP contribution in [-0.2, 0) is 15.3 Å². The van der Waals surface area contributed by atoms with Gasteiger partial charge in [0.2, 0.25) is 0 Å². The first-order chi connectivity index (χ1) is 9.69. The van der Waals surface area contributed by atoms with Crippen LogP contribution in [0.25, 0.3) is 0 Å². The van der Waals surface area contributed by atoms with E-state index in [1.54, 1.807) is 24.8 Å².